The molecule has 2 N–H and O–H groups in total. The van der Waals surface area contributed by atoms with Gasteiger partial charge in [0, 0.05) is 24.0 Å². The average Bonchev–Trinajstić information content (AvgIpc) is 3.38. The molecule has 9 nitrogen and oxygen atoms in total. The van der Waals surface area contributed by atoms with E-state index in [-0.39, 0.29) is 12.6 Å². The molecular weight excluding hydrogens is 388 g/mol. The van der Waals surface area contributed by atoms with Gasteiger partial charge in [-0.15, -0.1) is 0 Å². The van der Waals surface area contributed by atoms with Gasteiger partial charge in [0.2, 0.25) is 0 Å². The van der Waals surface area contributed by atoms with E-state index in [1.807, 2.05) is 19.9 Å². The molecule has 0 aliphatic rings. The number of aryl methyl sites for hydroxylation is 2. The van der Waals surface area contributed by atoms with E-state index < -0.39 is 11.8 Å². The van der Waals surface area contributed by atoms with Gasteiger partial charge in [-0.05, 0) is 44.2 Å². The summed E-state index contributed by atoms with van der Waals surface area (Å²) in [7, 11) is 3.01. The molecule has 1 atom stereocenters. The summed E-state index contributed by atoms with van der Waals surface area (Å²) in [5, 5.41) is 9.67. The van der Waals surface area contributed by atoms with Crippen molar-refractivity contribution >= 4 is 17.5 Å². The van der Waals surface area contributed by atoms with Crippen LogP contribution in [0.2, 0.25) is 0 Å². The minimum Gasteiger partial charge on any atom is -0.493 e. The van der Waals surface area contributed by atoms with Crippen LogP contribution in [-0.2, 0) is 9.59 Å². The Balaban J connectivity index is 1.68. The van der Waals surface area contributed by atoms with Crippen LogP contribution >= 0.6 is 0 Å². The van der Waals surface area contributed by atoms with Crippen LogP contribution in [-0.4, -0.2) is 42.4 Å². The number of benzene rings is 1. The van der Waals surface area contributed by atoms with Crippen molar-refractivity contribution in [1.82, 2.24) is 15.1 Å². The van der Waals surface area contributed by atoms with E-state index in [0.29, 0.717) is 22.9 Å². The highest BCUT2D eigenvalue weighted by atomic mass is 16.5. The molecule has 2 amide bonds. The first-order valence-electron chi connectivity index (χ1n) is 9.30. The Kier molecular flexibility index (Phi) is 6.41. The minimum atomic E-state index is -0.797. The molecule has 158 valence electrons. The van der Waals surface area contributed by atoms with Crippen molar-refractivity contribution in [2.75, 3.05) is 26.1 Å². The molecule has 0 aliphatic heterocycles. The Bertz CT molecular complexity index is 1030. The summed E-state index contributed by atoms with van der Waals surface area (Å²) in [6.45, 7) is 3.94. The minimum absolute atomic E-state index is 0.133. The van der Waals surface area contributed by atoms with Gasteiger partial charge in [-0.3, -0.25) is 14.3 Å². The zero-order valence-electron chi connectivity index (χ0n) is 17.3. The topological polar surface area (TPSA) is 108 Å². The number of carbonyl (C=O) groups excluding carboxylic acids is 2. The molecule has 9 heteroatoms. The van der Waals surface area contributed by atoms with Gasteiger partial charge in [0.1, 0.15) is 11.8 Å². The van der Waals surface area contributed by atoms with Crippen LogP contribution in [0.1, 0.15) is 23.2 Å². The van der Waals surface area contributed by atoms with E-state index in [4.69, 9.17) is 13.9 Å². The average molecular weight is 412 g/mol. The number of anilines is 1. The fourth-order valence-corrected chi connectivity index (χ4v) is 3.12. The van der Waals surface area contributed by atoms with Crippen LogP contribution in [0.4, 0.5) is 5.69 Å². The molecule has 2 heterocycles. The highest BCUT2D eigenvalue weighted by molar-refractivity contribution is 6.39. The first-order chi connectivity index (χ1) is 14.4. The normalized spacial score (nSPS) is 11.6. The molecule has 2 aromatic heterocycles. The lowest BCUT2D eigenvalue weighted by molar-refractivity contribution is -0.136. The second-order valence-electron chi connectivity index (χ2n) is 6.64. The number of nitrogens with one attached hydrogen (secondary N) is 2. The first kappa shape index (κ1) is 21.0. The van der Waals surface area contributed by atoms with Gasteiger partial charge < -0.3 is 24.5 Å². The van der Waals surface area contributed by atoms with Crippen molar-refractivity contribution < 1.29 is 23.5 Å². The first-order valence-corrected chi connectivity index (χ1v) is 9.30. The fourth-order valence-electron chi connectivity index (χ4n) is 3.12. The third-order valence-corrected chi connectivity index (χ3v) is 4.52. The number of methoxy groups -OCH3 is 2. The molecule has 0 bridgehead atoms. The van der Waals surface area contributed by atoms with Gasteiger partial charge in [-0.2, -0.15) is 5.10 Å². The van der Waals surface area contributed by atoms with Crippen LogP contribution < -0.4 is 20.1 Å². The molecule has 3 aromatic rings. The second-order valence-corrected chi connectivity index (χ2v) is 6.64. The number of hydrogen-bond donors (Lipinski definition) is 2. The van der Waals surface area contributed by atoms with Gasteiger partial charge in [0.25, 0.3) is 0 Å². The maximum absolute atomic E-state index is 12.4. The Morgan fingerprint density at radius 3 is 2.47 bits per heavy atom. The Hall–Kier alpha value is -3.75. The molecule has 0 saturated carbocycles. The van der Waals surface area contributed by atoms with Crippen molar-refractivity contribution in [1.29, 1.82) is 0 Å². The van der Waals surface area contributed by atoms with E-state index in [2.05, 4.69) is 15.7 Å². The van der Waals surface area contributed by atoms with Crippen LogP contribution in [0, 0.1) is 13.8 Å². The number of hydrogen-bond acceptors (Lipinski definition) is 6. The van der Waals surface area contributed by atoms with E-state index in [0.717, 1.165) is 11.4 Å². The van der Waals surface area contributed by atoms with Gasteiger partial charge in [-0.1, -0.05) is 0 Å². The highest BCUT2D eigenvalue weighted by Gasteiger charge is 2.23. The van der Waals surface area contributed by atoms with E-state index in [9.17, 15) is 9.59 Å². The zero-order chi connectivity index (χ0) is 21.7. The number of carbonyl (C=O) groups is 2. The lowest BCUT2D eigenvalue weighted by Gasteiger charge is -2.18. The lowest BCUT2D eigenvalue weighted by Crippen LogP contribution is -2.39. The Morgan fingerprint density at radius 1 is 1.10 bits per heavy atom. The number of amides is 2. The van der Waals surface area contributed by atoms with Crippen molar-refractivity contribution in [2.45, 2.75) is 19.9 Å². The summed E-state index contributed by atoms with van der Waals surface area (Å²) in [6, 6.07) is 9.95. The van der Waals surface area contributed by atoms with Crippen molar-refractivity contribution in [3.05, 3.63) is 59.8 Å². The monoisotopic (exact) mass is 412 g/mol. The SMILES string of the molecule is COc1ccc(NC(=O)C(=O)NCC(c2ccco2)n2nc(C)cc2C)cc1OC. The van der Waals surface area contributed by atoms with Gasteiger partial charge in [0.05, 0.1) is 26.2 Å². The van der Waals surface area contributed by atoms with Crippen molar-refractivity contribution in [3.8, 4) is 11.5 Å². The number of nitrogens with zero attached hydrogens (tertiary/aromatic N) is 2. The fraction of sp³-hybridized carbons (Fsp3) is 0.286. The smallest absolute Gasteiger partial charge is 0.313 e. The number of rotatable bonds is 7. The van der Waals surface area contributed by atoms with E-state index in [1.54, 1.807) is 41.3 Å². The standard InChI is InChI=1S/C21H24N4O5/c1-13-10-14(2)25(24-13)16(17-6-5-9-30-17)12-22-20(26)21(27)23-15-7-8-18(28-3)19(11-15)29-4/h5-11,16H,12H2,1-4H3,(H,22,26)(H,23,27). The summed E-state index contributed by atoms with van der Waals surface area (Å²) in [5.41, 5.74) is 2.17. The Labute approximate surface area is 174 Å². The quantitative estimate of drug-likeness (QED) is 0.577. The van der Waals surface area contributed by atoms with Crippen molar-refractivity contribution in [2.24, 2.45) is 0 Å². The van der Waals surface area contributed by atoms with E-state index in [1.165, 1.54) is 14.2 Å². The van der Waals surface area contributed by atoms with Crippen molar-refractivity contribution in [3.63, 3.8) is 0 Å². The number of furan rings is 1. The third-order valence-electron chi connectivity index (χ3n) is 4.52. The third kappa shape index (κ3) is 4.62. The zero-order valence-corrected chi connectivity index (χ0v) is 17.3. The molecule has 0 radical (unpaired) electrons. The molecule has 0 fully saturated rings. The van der Waals surface area contributed by atoms with Gasteiger partial charge in [-0.25, -0.2) is 0 Å². The molecule has 0 saturated heterocycles. The summed E-state index contributed by atoms with van der Waals surface area (Å²) in [4.78, 5) is 24.7. The molecule has 0 aliphatic carbocycles. The second kappa shape index (κ2) is 9.17. The maximum atomic E-state index is 12.4. The van der Waals surface area contributed by atoms with Crippen LogP contribution in [0.25, 0.3) is 0 Å². The molecule has 1 aromatic carbocycles. The number of ether oxygens (including phenoxy) is 2. The lowest BCUT2D eigenvalue weighted by atomic mass is 10.2. The molecular formula is C21H24N4O5. The predicted molar refractivity (Wildman–Crippen MR) is 110 cm³/mol. The highest BCUT2D eigenvalue weighted by Crippen LogP contribution is 2.29. The molecule has 1 unspecified atom stereocenters. The van der Waals surface area contributed by atoms with Crippen LogP contribution in [0.3, 0.4) is 0 Å². The van der Waals surface area contributed by atoms with Gasteiger partial charge in [0.15, 0.2) is 11.5 Å². The summed E-state index contributed by atoms with van der Waals surface area (Å²) < 4.78 is 17.6. The van der Waals surface area contributed by atoms with Crippen LogP contribution in [0.5, 0.6) is 11.5 Å². The summed E-state index contributed by atoms with van der Waals surface area (Å²) in [5.74, 6) is 0.0164. The number of aromatic nitrogens is 2. The largest absolute Gasteiger partial charge is 0.493 e. The molecule has 0 spiro atoms. The van der Waals surface area contributed by atoms with Gasteiger partial charge >= 0.3 is 11.8 Å². The predicted octanol–water partition coefficient (Wildman–Crippen LogP) is 2.45. The van der Waals surface area contributed by atoms with E-state index >= 15 is 0 Å². The Morgan fingerprint density at radius 2 is 1.87 bits per heavy atom. The summed E-state index contributed by atoms with van der Waals surface area (Å²) in [6.07, 6.45) is 1.56. The maximum Gasteiger partial charge on any atom is 0.313 e. The summed E-state index contributed by atoms with van der Waals surface area (Å²) >= 11 is 0. The van der Waals surface area contributed by atoms with Crippen LogP contribution in [0.15, 0.2) is 47.1 Å². The molecule has 30 heavy (non-hydrogen) atoms. The molecule has 3 rings (SSSR count).